The normalized spacial score (nSPS) is 12.8. The van der Waals surface area contributed by atoms with Crippen molar-refractivity contribution in [3.8, 4) is 0 Å². The van der Waals surface area contributed by atoms with Crippen LogP contribution >= 0.6 is 15.9 Å². The minimum Gasteiger partial charge on any atom is -0.481 e. The lowest BCUT2D eigenvalue weighted by molar-refractivity contribution is -0.137. The first-order valence-electron chi connectivity index (χ1n) is 4.46. The number of carboxylic acids is 1. The summed E-state index contributed by atoms with van der Waals surface area (Å²) in [5, 5.41) is 8.55. The van der Waals surface area contributed by atoms with Crippen molar-refractivity contribution in [2.24, 2.45) is 5.73 Å². The van der Waals surface area contributed by atoms with Gasteiger partial charge < -0.3 is 10.8 Å². The third-order valence-corrected chi connectivity index (χ3v) is 2.77. The van der Waals surface area contributed by atoms with Crippen LogP contribution in [0.25, 0.3) is 0 Å². The smallest absolute Gasteiger partial charge is 0.305 e. The lowest BCUT2D eigenvalue weighted by atomic mass is 10.0. The molecule has 1 aromatic rings. The standard InChI is InChI=1S/C10H10BrF2NO2/c11-7-3-5(8(14)4-9(15)16)1-2-6(7)10(12)13/h1-3,8,10H,4,14H2,(H,15,16). The maximum atomic E-state index is 12.4. The van der Waals surface area contributed by atoms with E-state index in [1.807, 2.05) is 0 Å². The second kappa shape index (κ2) is 5.36. The third-order valence-electron chi connectivity index (χ3n) is 2.08. The van der Waals surface area contributed by atoms with Crippen LogP contribution in [-0.2, 0) is 4.79 Å². The number of rotatable bonds is 4. The fourth-order valence-electron chi connectivity index (χ4n) is 1.26. The van der Waals surface area contributed by atoms with Gasteiger partial charge in [-0.15, -0.1) is 0 Å². The first-order valence-corrected chi connectivity index (χ1v) is 5.26. The largest absolute Gasteiger partial charge is 0.481 e. The third kappa shape index (κ3) is 3.24. The van der Waals surface area contributed by atoms with Crippen LogP contribution in [0, 0.1) is 0 Å². The Morgan fingerprint density at radius 1 is 1.50 bits per heavy atom. The number of carbonyl (C=O) groups is 1. The number of halogens is 3. The summed E-state index contributed by atoms with van der Waals surface area (Å²) in [5.41, 5.74) is 5.98. The molecule has 0 aliphatic heterocycles. The zero-order valence-corrected chi connectivity index (χ0v) is 9.75. The van der Waals surface area contributed by atoms with E-state index in [0.717, 1.165) is 0 Å². The number of aliphatic carboxylic acids is 1. The molecule has 0 bridgehead atoms. The molecule has 0 aromatic heterocycles. The van der Waals surface area contributed by atoms with Gasteiger partial charge in [-0.3, -0.25) is 4.79 Å². The molecule has 0 heterocycles. The van der Waals surface area contributed by atoms with Crippen LogP contribution in [0.1, 0.15) is 30.0 Å². The second-order valence-electron chi connectivity index (χ2n) is 3.29. The fraction of sp³-hybridized carbons (Fsp3) is 0.300. The van der Waals surface area contributed by atoms with Crippen molar-refractivity contribution in [3.63, 3.8) is 0 Å². The number of benzene rings is 1. The molecule has 0 aliphatic carbocycles. The Bertz CT molecular complexity index is 398. The topological polar surface area (TPSA) is 63.3 Å². The Morgan fingerprint density at radius 3 is 2.56 bits per heavy atom. The van der Waals surface area contributed by atoms with Crippen LogP contribution in [0.5, 0.6) is 0 Å². The van der Waals surface area contributed by atoms with E-state index in [2.05, 4.69) is 15.9 Å². The Balaban J connectivity index is 2.92. The summed E-state index contributed by atoms with van der Waals surface area (Å²) < 4.78 is 25.1. The maximum Gasteiger partial charge on any atom is 0.305 e. The highest BCUT2D eigenvalue weighted by atomic mass is 79.9. The van der Waals surface area contributed by atoms with Gasteiger partial charge in [-0.1, -0.05) is 28.1 Å². The Hall–Kier alpha value is -1.01. The number of hydrogen-bond donors (Lipinski definition) is 2. The fourth-order valence-corrected chi connectivity index (χ4v) is 1.83. The van der Waals surface area contributed by atoms with Crippen LogP contribution in [0.15, 0.2) is 22.7 Å². The predicted molar refractivity (Wildman–Crippen MR) is 58.3 cm³/mol. The van der Waals surface area contributed by atoms with Gasteiger partial charge in [0.05, 0.1) is 6.42 Å². The molecular weight excluding hydrogens is 284 g/mol. The predicted octanol–water partition coefficient (Wildman–Crippen LogP) is 2.86. The van der Waals surface area contributed by atoms with Crippen molar-refractivity contribution in [2.45, 2.75) is 18.9 Å². The molecule has 1 aromatic carbocycles. The summed E-state index contributed by atoms with van der Waals surface area (Å²) >= 11 is 3.00. The summed E-state index contributed by atoms with van der Waals surface area (Å²) in [6.07, 6.45) is -2.81. The SMILES string of the molecule is NC(CC(=O)O)c1ccc(C(F)F)c(Br)c1. The van der Waals surface area contributed by atoms with Crippen molar-refractivity contribution in [1.29, 1.82) is 0 Å². The lowest BCUT2D eigenvalue weighted by Crippen LogP contribution is -2.15. The molecule has 0 amide bonds. The van der Waals surface area contributed by atoms with E-state index >= 15 is 0 Å². The average Bonchev–Trinajstić information content (AvgIpc) is 2.15. The van der Waals surface area contributed by atoms with Crippen molar-refractivity contribution in [3.05, 3.63) is 33.8 Å². The monoisotopic (exact) mass is 293 g/mol. The highest BCUT2D eigenvalue weighted by Gasteiger charge is 2.15. The molecule has 0 fully saturated rings. The molecule has 6 heteroatoms. The Kier molecular flexibility index (Phi) is 4.37. The number of hydrogen-bond acceptors (Lipinski definition) is 2. The molecule has 0 saturated heterocycles. The van der Waals surface area contributed by atoms with E-state index in [0.29, 0.717) is 5.56 Å². The van der Waals surface area contributed by atoms with Gasteiger partial charge in [0.1, 0.15) is 0 Å². The average molecular weight is 294 g/mol. The Morgan fingerprint density at radius 2 is 2.12 bits per heavy atom. The van der Waals surface area contributed by atoms with Gasteiger partial charge in [-0.25, -0.2) is 8.78 Å². The van der Waals surface area contributed by atoms with E-state index in [9.17, 15) is 13.6 Å². The van der Waals surface area contributed by atoms with E-state index in [-0.39, 0.29) is 16.5 Å². The van der Waals surface area contributed by atoms with Gasteiger partial charge in [0.2, 0.25) is 0 Å². The number of carboxylic acid groups (broad SMARTS) is 1. The van der Waals surface area contributed by atoms with Gasteiger partial charge in [-0.05, 0) is 11.6 Å². The minimum absolute atomic E-state index is 0.133. The molecule has 3 nitrogen and oxygen atoms in total. The van der Waals surface area contributed by atoms with E-state index in [4.69, 9.17) is 10.8 Å². The molecule has 88 valence electrons. The number of nitrogens with two attached hydrogens (primary N) is 1. The summed E-state index contributed by atoms with van der Waals surface area (Å²) in [4.78, 5) is 10.4. The molecule has 1 atom stereocenters. The van der Waals surface area contributed by atoms with Crippen LogP contribution in [0.3, 0.4) is 0 Å². The van der Waals surface area contributed by atoms with Crippen LogP contribution < -0.4 is 5.73 Å². The zero-order chi connectivity index (χ0) is 12.3. The maximum absolute atomic E-state index is 12.4. The van der Waals surface area contributed by atoms with Crippen molar-refractivity contribution >= 4 is 21.9 Å². The molecule has 0 saturated carbocycles. The van der Waals surface area contributed by atoms with Crippen molar-refractivity contribution in [2.75, 3.05) is 0 Å². The molecular formula is C10H10BrF2NO2. The van der Waals surface area contributed by atoms with E-state index in [1.54, 1.807) is 0 Å². The summed E-state index contributed by atoms with van der Waals surface area (Å²) in [7, 11) is 0. The molecule has 0 spiro atoms. The van der Waals surface area contributed by atoms with Gasteiger partial charge >= 0.3 is 5.97 Å². The highest BCUT2D eigenvalue weighted by Crippen LogP contribution is 2.29. The quantitative estimate of drug-likeness (QED) is 0.897. The van der Waals surface area contributed by atoms with Crippen LogP contribution in [0.2, 0.25) is 0 Å². The van der Waals surface area contributed by atoms with Gasteiger partial charge in [-0.2, -0.15) is 0 Å². The molecule has 1 unspecified atom stereocenters. The second-order valence-corrected chi connectivity index (χ2v) is 4.14. The zero-order valence-electron chi connectivity index (χ0n) is 8.16. The van der Waals surface area contributed by atoms with Gasteiger partial charge in [0.15, 0.2) is 0 Å². The molecule has 1 rings (SSSR count). The van der Waals surface area contributed by atoms with Gasteiger partial charge in [0, 0.05) is 16.1 Å². The highest BCUT2D eigenvalue weighted by molar-refractivity contribution is 9.10. The molecule has 16 heavy (non-hydrogen) atoms. The Labute approximate surface area is 99.4 Å². The summed E-state index contributed by atoms with van der Waals surface area (Å²) in [5.74, 6) is -1.03. The van der Waals surface area contributed by atoms with Crippen molar-refractivity contribution < 1.29 is 18.7 Å². The molecule has 0 radical (unpaired) electrons. The molecule has 0 aliphatic rings. The van der Waals surface area contributed by atoms with E-state index < -0.39 is 18.4 Å². The number of alkyl halides is 2. The van der Waals surface area contributed by atoms with Crippen LogP contribution in [-0.4, -0.2) is 11.1 Å². The first kappa shape index (κ1) is 13.1. The van der Waals surface area contributed by atoms with E-state index in [1.165, 1.54) is 18.2 Å². The minimum atomic E-state index is -2.57. The van der Waals surface area contributed by atoms with Crippen LogP contribution in [0.4, 0.5) is 8.78 Å². The first-order chi connectivity index (χ1) is 7.41. The summed E-state index contributed by atoms with van der Waals surface area (Å²) in [6, 6.07) is 3.39. The summed E-state index contributed by atoms with van der Waals surface area (Å²) in [6.45, 7) is 0. The molecule has 3 N–H and O–H groups in total. The van der Waals surface area contributed by atoms with Gasteiger partial charge in [0.25, 0.3) is 6.43 Å². The lowest BCUT2D eigenvalue weighted by Gasteiger charge is -2.11. The van der Waals surface area contributed by atoms with Crippen molar-refractivity contribution in [1.82, 2.24) is 0 Å².